The monoisotopic (exact) mass is 297 g/mol. The maximum absolute atomic E-state index is 13.2. The largest absolute Gasteiger partial charge is 0.493 e. The van der Waals surface area contributed by atoms with E-state index in [4.69, 9.17) is 15.2 Å². The molecule has 0 bridgehead atoms. The smallest absolute Gasteiger partial charge is 0.305 e. The van der Waals surface area contributed by atoms with Crippen molar-refractivity contribution in [2.45, 2.75) is 45.6 Å². The van der Waals surface area contributed by atoms with Crippen LogP contribution < -0.4 is 10.5 Å². The quantitative estimate of drug-likeness (QED) is 0.561. The van der Waals surface area contributed by atoms with Crippen molar-refractivity contribution in [2.24, 2.45) is 5.73 Å². The van der Waals surface area contributed by atoms with Crippen LogP contribution in [0.3, 0.4) is 0 Å². The number of ether oxygens (including phenoxy) is 2. The fourth-order valence-corrected chi connectivity index (χ4v) is 1.97. The first-order chi connectivity index (χ1) is 10.0. The van der Waals surface area contributed by atoms with E-state index in [2.05, 4.69) is 0 Å². The van der Waals surface area contributed by atoms with Crippen LogP contribution in [-0.4, -0.2) is 19.2 Å². The summed E-state index contributed by atoms with van der Waals surface area (Å²) in [4.78, 5) is 11.1. The van der Waals surface area contributed by atoms with Gasteiger partial charge in [0.15, 0.2) is 0 Å². The van der Waals surface area contributed by atoms with Crippen LogP contribution in [0.4, 0.5) is 4.39 Å². The van der Waals surface area contributed by atoms with Crippen LogP contribution in [0.2, 0.25) is 0 Å². The molecule has 118 valence electrons. The Hall–Kier alpha value is -1.62. The number of rotatable bonds is 9. The van der Waals surface area contributed by atoms with Crippen LogP contribution in [0.5, 0.6) is 5.75 Å². The molecule has 0 aliphatic rings. The highest BCUT2D eigenvalue weighted by Gasteiger charge is 2.09. The Labute approximate surface area is 125 Å². The maximum Gasteiger partial charge on any atom is 0.305 e. The summed E-state index contributed by atoms with van der Waals surface area (Å²) >= 11 is 0. The minimum atomic E-state index is -0.316. The number of unbranched alkanes of at least 4 members (excludes halogenated alkanes) is 2. The third-order valence-corrected chi connectivity index (χ3v) is 3.05. The number of nitrogens with two attached hydrogens (primary N) is 1. The van der Waals surface area contributed by atoms with Gasteiger partial charge in [0.25, 0.3) is 0 Å². The molecule has 1 atom stereocenters. The topological polar surface area (TPSA) is 61.5 Å². The summed E-state index contributed by atoms with van der Waals surface area (Å²) in [6.45, 7) is 4.53. The van der Waals surface area contributed by atoms with Crippen molar-refractivity contribution in [1.82, 2.24) is 0 Å². The van der Waals surface area contributed by atoms with Gasteiger partial charge in [-0.3, -0.25) is 4.79 Å². The standard InChI is InChI=1S/C16H24FNO3/c1-3-20-16(19)7-5-4-6-10-21-15-9-8-13(17)11-14(15)12(2)18/h8-9,11-12H,3-7,10,18H2,1-2H3. The van der Waals surface area contributed by atoms with Crippen molar-refractivity contribution in [3.05, 3.63) is 29.6 Å². The molecule has 1 rings (SSSR count). The van der Waals surface area contributed by atoms with Crippen molar-refractivity contribution in [3.63, 3.8) is 0 Å². The van der Waals surface area contributed by atoms with Crippen molar-refractivity contribution in [1.29, 1.82) is 0 Å². The molecule has 0 amide bonds. The summed E-state index contributed by atoms with van der Waals surface area (Å²) < 4.78 is 23.7. The molecular formula is C16H24FNO3. The molecule has 1 aromatic rings. The summed E-state index contributed by atoms with van der Waals surface area (Å²) in [7, 11) is 0. The van der Waals surface area contributed by atoms with Gasteiger partial charge in [0.05, 0.1) is 13.2 Å². The lowest BCUT2D eigenvalue weighted by atomic mass is 10.1. The lowest BCUT2D eigenvalue weighted by Crippen LogP contribution is -2.09. The van der Waals surface area contributed by atoms with Crippen molar-refractivity contribution in [2.75, 3.05) is 13.2 Å². The zero-order chi connectivity index (χ0) is 15.7. The normalized spacial score (nSPS) is 12.0. The second-order valence-corrected chi connectivity index (χ2v) is 4.93. The minimum absolute atomic E-state index is 0.156. The van der Waals surface area contributed by atoms with E-state index in [0.29, 0.717) is 30.9 Å². The van der Waals surface area contributed by atoms with Crippen molar-refractivity contribution >= 4 is 5.97 Å². The van der Waals surface area contributed by atoms with E-state index in [-0.39, 0.29) is 17.8 Å². The number of esters is 1. The van der Waals surface area contributed by atoms with Crippen LogP contribution in [0.1, 0.15) is 51.1 Å². The molecule has 2 N–H and O–H groups in total. The molecule has 0 saturated heterocycles. The van der Waals surface area contributed by atoms with Crippen LogP contribution in [-0.2, 0) is 9.53 Å². The van der Waals surface area contributed by atoms with Crippen LogP contribution >= 0.6 is 0 Å². The maximum atomic E-state index is 13.2. The molecule has 0 aromatic heterocycles. The van der Waals surface area contributed by atoms with E-state index in [1.807, 2.05) is 0 Å². The third-order valence-electron chi connectivity index (χ3n) is 3.05. The van der Waals surface area contributed by atoms with E-state index in [9.17, 15) is 9.18 Å². The summed E-state index contributed by atoms with van der Waals surface area (Å²) in [5.74, 6) is 0.150. The summed E-state index contributed by atoms with van der Waals surface area (Å²) in [6, 6.07) is 4.09. The van der Waals surface area contributed by atoms with Gasteiger partial charge in [0.1, 0.15) is 11.6 Å². The zero-order valence-electron chi connectivity index (χ0n) is 12.7. The highest BCUT2D eigenvalue weighted by Crippen LogP contribution is 2.25. The first-order valence-electron chi connectivity index (χ1n) is 7.38. The fourth-order valence-electron chi connectivity index (χ4n) is 1.97. The molecule has 4 nitrogen and oxygen atoms in total. The second kappa shape index (κ2) is 9.34. The van der Waals surface area contributed by atoms with Gasteiger partial charge in [-0.2, -0.15) is 0 Å². The predicted molar refractivity (Wildman–Crippen MR) is 79.6 cm³/mol. The molecule has 1 aromatic carbocycles. The van der Waals surface area contributed by atoms with Crippen LogP contribution in [0.25, 0.3) is 0 Å². The van der Waals surface area contributed by atoms with E-state index < -0.39 is 0 Å². The zero-order valence-corrected chi connectivity index (χ0v) is 12.7. The lowest BCUT2D eigenvalue weighted by Gasteiger charge is -2.14. The Morgan fingerprint density at radius 3 is 2.76 bits per heavy atom. The molecule has 0 spiro atoms. The Bertz CT molecular complexity index is 449. The number of carbonyl (C=O) groups excluding carboxylic acids is 1. The average molecular weight is 297 g/mol. The molecule has 1 unspecified atom stereocenters. The summed E-state index contributed by atoms with van der Waals surface area (Å²) in [5.41, 5.74) is 6.47. The molecular weight excluding hydrogens is 273 g/mol. The lowest BCUT2D eigenvalue weighted by molar-refractivity contribution is -0.143. The molecule has 0 heterocycles. The Kier molecular flexibility index (Phi) is 7.75. The molecule has 5 heteroatoms. The van der Waals surface area contributed by atoms with Gasteiger partial charge in [-0.15, -0.1) is 0 Å². The highest BCUT2D eigenvalue weighted by atomic mass is 19.1. The van der Waals surface area contributed by atoms with E-state index in [0.717, 1.165) is 19.3 Å². The van der Waals surface area contributed by atoms with Gasteiger partial charge in [-0.05, 0) is 51.3 Å². The molecule has 0 aliphatic carbocycles. The SMILES string of the molecule is CCOC(=O)CCCCCOc1ccc(F)cc1C(C)N. The van der Waals surface area contributed by atoms with Gasteiger partial charge >= 0.3 is 5.97 Å². The van der Waals surface area contributed by atoms with E-state index in [1.165, 1.54) is 12.1 Å². The molecule has 21 heavy (non-hydrogen) atoms. The first-order valence-corrected chi connectivity index (χ1v) is 7.38. The van der Waals surface area contributed by atoms with Crippen molar-refractivity contribution in [3.8, 4) is 5.75 Å². The molecule has 0 aliphatic heterocycles. The van der Waals surface area contributed by atoms with Gasteiger partial charge in [-0.1, -0.05) is 0 Å². The number of benzene rings is 1. The fraction of sp³-hybridized carbons (Fsp3) is 0.562. The number of halogens is 1. The van der Waals surface area contributed by atoms with Gasteiger partial charge in [-0.25, -0.2) is 4.39 Å². The van der Waals surface area contributed by atoms with Crippen LogP contribution in [0, 0.1) is 5.82 Å². The van der Waals surface area contributed by atoms with E-state index in [1.54, 1.807) is 19.9 Å². The highest BCUT2D eigenvalue weighted by molar-refractivity contribution is 5.69. The number of hydrogen-bond acceptors (Lipinski definition) is 4. The third kappa shape index (κ3) is 6.58. The Morgan fingerprint density at radius 1 is 1.33 bits per heavy atom. The van der Waals surface area contributed by atoms with Crippen LogP contribution in [0.15, 0.2) is 18.2 Å². The molecule has 0 fully saturated rings. The number of hydrogen-bond donors (Lipinski definition) is 1. The van der Waals surface area contributed by atoms with Gasteiger partial charge < -0.3 is 15.2 Å². The van der Waals surface area contributed by atoms with Gasteiger partial charge in [0.2, 0.25) is 0 Å². The minimum Gasteiger partial charge on any atom is -0.493 e. The van der Waals surface area contributed by atoms with Crippen molar-refractivity contribution < 1.29 is 18.7 Å². The second-order valence-electron chi connectivity index (χ2n) is 4.93. The number of carbonyl (C=O) groups is 1. The summed E-state index contributed by atoms with van der Waals surface area (Å²) in [6.07, 6.45) is 2.93. The average Bonchev–Trinajstić information content (AvgIpc) is 2.44. The Morgan fingerprint density at radius 2 is 2.10 bits per heavy atom. The molecule has 0 saturated carbocycles. The molecule has 0 radical (unpaired) electrons. The predicted octanol–water partition coefficient (Wildman–Crippen LogP) is 3.35. The Balaban J connectivity index is 2.28. The van der Waals surface area contributed by atoms with E-state index >= 15 is 0 Å². The van der Waals surface area contributed by atoms with Gasteiger partial charge in [0, 0.05) is 18.0 Å². The first kappa shape index (κ1) is 17.4. The summed E-state index contributed by atoms with van der Waals surface area (Å²) in [5, 5.41) is 0.